The summed E-state index contributed by atoms with van der Waals surface area (Å²) in [5, 5.41) is 0.582. The molecule has 1 fully saturated rings. The van der Waals surface area contributed by atoms with Gasteiger partial charge in [0.25, 0.3) is 5.91 Å². The molecule has 0 N–H and O–H groups in total. The first-order chi connectivity index (χ1) is 20.0. The van der Waals surface area contributed by atoms with Crippen molar-refractivity contribution in [3.05, 3.63) is 77.2 Å². The highest BCUT2D eigenvalue weighted by atomic mass is 35.5. The average molecular weight is 584 g/mol. The highest BCUT2D eigenvalue weighted by Crippen LogP contribution is 2.33. The van der Waals surface area contributed by atoms with Gasteiger partial charge in [0.15, 0.2) is 18.1 Å². The Balaban J connectivity index is 1.26. The highest BCUT2D eigenvalue weighted by molar-refractivity contribution is 6.30. The number of morpholine rings is 1. The first-order valence-electron chi connectivity index (χ1n) is 13.7. The second-order valence-corrected chi connectivity index (χ2v) is 10.3. The Bertz CT molecular complexity index is 1280. The molecular formula is C30H34ClN3O7. The number of halogens is 1. The number of benzene rings is 2. The molecule has 11 heteroatoms. The minimum atomic E-state index is -0.267. The predicted molar refractivity (Wildman–Crippen MR) is 151 cm³/mol. The van der Waals surface area contributed by atoms with Crippen molar-refractivity contribution in [2.24, 2.45) is 0 Å². The van der Waals surface area contributed by atoms with Gasteiger partial charge in [0, 0.05) is 37.7 Å². The molecule has 0 bridgehead atoms. The van der Waals surface area contributed by atoms with Gasteiger partial charge in [-0.3, -0.25) is 14.5 Å². The summed E-state index contributed by atoms with van der Waals surface area (Å²) in [7, 11) is 0. The number of carbonyl (C=O) groups excluding carboxylic acids is 2. The average Bonchev–Trinajstić information content (AvgIpc) is 3.68. The van der Waals surface area contributed by atoms with Crippen molar-refractivity contribution in [1.82, 2.24) is 14.7 Å². The van der Waals surface area contributed by atoms with Gasteiger partial charge in [-0.1, -0.05) is 17.7 Å². The fourth-order valence-corrected chi connectivity index (χ4v) is 4.84. The lowest BCUT2D eigenvalue weighted by Crippen LogP contribution is -2.45. The van der Waals surface area contributed by atoms with Crippen molar-refractivity contribution in [2.45, 2.75) is 19.5 Å². The van der Waals surface area contributed by atoms with Gasteiger partial charge < -0.3 is 33.2 Å². The number of amides is 2. The number of hydrogen-bond donors (Lipinski definition) is 0. The van der Waals surface area contributed by atoms with Crippen LogP contribution in [0.5, 0.6) is 17.2 Å². The molecule has 3 aromatic rings. The van der Waals surface area contributed by atoms with E-state index in [2.05, 4.69) is 4.90 Å². The maximum atomic E-state index is 13.8. The summed E-state index contributed by atoms with van der Waals surface area (Å²) in [4.78, 5) is 32.7. The molecule has 5 rings (SSSR count). The Morgan fingerprint density at radius 3 is 2.51 bits per heavy atom. The van der Waals surface area contributed by atoms with Crippen molar-refractivity contribution < 1.29 is 33.0 Å². The Morgan fingerprint density at radius 1 is 0.927 bits per heavy atom. The van der Waals surface area contributed by atoms with E-state index in [1.165, 1.54) is 0 Å². The summed E-state index contributed by atoms with van der Waals surface area (Å²) in [6.07, 6.45) is 2.30. The molecule has 2 aromatic carbocycles. The molecule has 0 saturated carbocycles. The van der Waals surface area contributed by atoms with Crippen LogP contribution >= 0.6 is 11.6 Å². The number of rotatable bonds is 13. The molecule has 1 saturated heterocycles. The van der Waals surface area contributed by atoms with Crippen LogP contribution in [0.4, 0.5) is 0 Å². The van der Waals surface area contributed by atoms with Crippen molar-refractivity contribution in [2.75, 3.05) is 59.3 Å². The van der Waals surface area contributed by atoms with Crippen LogP contribution in [0.3, 0.4) is 0 Å². The summed E-state index contributed by atoms with van der Waals surface area (Å²) in [6, 6.07) is 16.0. The van der Waals surface area contributed by atoms with E-state index in [4.69, 9.17) is 35.0 Å². The number of fused-ring (bicyclic) bond motifs is 1. The van der Waals surface area contributed by atoms with Crippen LogP contribution in [0.1, 0.15) is 17.7 Å². The molecule has 10 nitrogen and oxygen atoms in total. The van der Waals surface area contributed by atoms with Crippen LogP contribution < -0.4 is 14.2 Å². The monoisotopic (exact) mass is 583 g/mol. The van der Waals surface area contributed by atoms with Gasteiger partial charge in [-0.05, 0) is 60.5 Å². The molecule has 218 valence electrons. The normalized spacial score (nSPS) is 14.6. The van der Waals surface area contributed by atoms with E-state index >= 15 is 0 Å². The summed E-state index contributed by atoms with van der Waals surface area (Å²) in [6.45, 7) is 4.84. The number of carbonyl (C=O) groups is 2. The Morgan fingerprint density at radius 2 is 1.73 bits per heavy atom. The predicted octanol–water partition coefficient (Wildman–Crippen LogP) is 3.82. The third-order valence-corrected chi connectivity index (χ3v) is 7.20. The first-order valence-corrected chi connectivity index (χ1v) is 14.1. The van der Waals surface area contributed by atoms with Crippen molar-refractivity contribution in [3.63, 3.8) is 0 Å². The molecular weight excluding hydrogens is 550 g/mol. The minimum Gasteiger partial charge on any atom is -0.484 e. The minimum absolute atomic E-state index is 0.0861. The van der Waals surface area contributed by atoms with Gasteiger partial charge in [-0.15, -0.1) is 0 Å². The lowest BCUT2D eigenvalue weighted by atomic mass is 10.2. The standard InChI is InChI=1S/C30H34ClN3O7/c31-24-5-7-25(8-6-24)39-21-30(36)33(11-2-10-32-12-15-37-16-13-32)20-29(35)34(19-26-3-1-14-38-26)18-23-4-9-27-28(17-23)41-22-40-27/h1,3-9,14,17H,2,10-13,15-16,18-22H2. The second kappa shape index (κ2) is 14.2. The van der Waals surface area contributed by atoms with Crippen molar-refractivity contribution in [1.29, 1.82) is 0 Å². The first kappa shape index (κ1) is 28.8. The van der Waals surface area contributed by atoms with E-state index < -0.39 is 0 Å². The van der Waals surface area contributed by atoms with Crippen LogP contribution in [-0.2, 0) is 27.4 Å². The molecule has 41 heavy (non-hydrogen) atoms. The fraction of sp³-hybridized carbons (Fsp3) is 0.400. The lowest BCUT2D eigenvalue weighted by Gasteiger charge is -2.29. The maximum absolute atomic E-state index is 13.8. The van der Waals surface area contributed by atoms with Crippen LogP contribution in [0, 0.1) is 0 Å². The third-order valence-electron chi connectivity index (χ3n) is 6.95. The zero-order valence-electron chi connectivity index (χ0n) is 22.8. The summed E-state index contributed by atoms with van der Waals surface area (Å²) in [5.74, 6) is 2.03. The van der Waals surface area contributed by atoms with Crippen LogP contribution in [-0.4, -0.2) is 85.9 Å². The fourth-order valence-electron chi connectivity index (χ4n) is 4.71. The summed E-state index contributed by atoms with van der Waals surface area (Å²) < 4.78 is 27.6. The molecule has 2 aliphatic rings. The van der Waals surface area contributed by atoms with E-state index in [1.54, 1.807) is 46.4 Å². The number of nitrogens with zero attached hydrogens (tertiary/aromatic N) is 3. The molecule has 3 heterocycles. The van der Waals surface area contributed by atoms with Gasteiger partial charge in [-0.2, -0.15) is 0 Å². The zero-order chi connectivity index (χ0) is 28.4. The Hall–Kier alpha value is -3.73. The Labute approximate surface area is 244 Å². The number of ether oxygens (including phenoxy) is 4. The number of hydrogen-bond acceptors (Lipinski definition) is 8. The summed E-state index contributed by atoms with van der Waals surface area (Å²) in [5.41, 5.74) is 0.880. The third kappa shape index (κ3) is 8.39. The van der Waals surface area contributed by atoms with E-state index in [1.807, 2.05) is 24.3 Å². The molecule has 0 atom stereocenters. The molecule has 2 amide bonds. The SMILES string of the molecule is O=C(COc1ccc(Cl)cc1)N(CCCN1CCOCC1)CC(=O)N(Cc1ccc2c(c1)OCO2)Cc1ccco1. The topological polar surface area (TPSA) is 93.9 Å². The van der Waals surface area contributed by atoms with E-state index in [-0.39, 0.29) is 38.3 Å². The molecule has 2 aliphatic heterocycles. The van der Waals surface area contributed by atoms with Gasteiger partial charge in [-0.25, -0.2) is 0 Å². The lowest BCUT2D eigenvalue weighted by molar-refractivity contribution is -0.142. The summed E-state index contributed by atoms with van der Waals surface area (Å²) >= 11 is 5.96. The smallest absolute Gasteiger partial charge is 0.260 e. The van der Waals surface area contributed by atoms with E-state index in [0.29, 0.717) is 54.3 Å². The molecule has 0 spiro atoms. The van der Waals surface area contributed by atoms with Gasteiger partial charge in [0.05, 0.1) is 32.6 Å². The van der Waals surface area contributed by atoms with Gasteiger partial charge in [0.2, 0.25) is 12.7 Å². The highest BCUT2D eigenvalue weighted by Gasteiger charge is 2.24. The zero-order valence-corrected chi connectivity index (χ0v) is 23.6. The van der Waals surface area contributed by atoms with E-state index in [9.17, 15) is 9.59 Å². The van der Waals surface area contributed by atoms with Gasteiger partial charge >= 0.3 is 0 Å². The maximum Gasteiger partial charge on any atom is 0.260 e. The van der Waals surface area contributed by atoms with E-state index in [0.717, 1.165) is 31.6 Å². The van der Waals surface area contributed by atoms with Crippen LogP contribution in [0.15, 0.2) is 65.3 Å². The number of furan rings is 1. The Kier molecular flexibility index (Phi) is 10.0. The van der Waals surface area contributed by atoms with Crippen LogP contribution in [0.2, 0.25) is 5.02 Å². The molecule has 1 aromatic heterocycles. The van der Waals surface area contributed by atoms with Crippen molar-refractivity contribution in [3.8, 4) is 17.2 Å². The van der Waals surface area contributed by atoms with Crippen molar-refractivity contribution >= 4 is 23.4 Å². The van der Waals surface area contributed by atoms with Gasteiger partial charge in [0.1, 0.15) is 11.5 Å². The molecule has 0 radical (unpaired) electrons. The second-order valence-electron chi connectivity index (χ2n) is 9.88. The quantitative estimate of drug-likeness (QED) is 0.300. The van der Waals surface area contributed by atoms with Crippen LogP contribution in [0.25, 0.3) is 0 Å². The molecule has 0 unspecified atom stereocenters. The molecule has 0 aliphatic carbocycles. The largest absolute Gasteiger partial charge is 0.484 e.